The summed E-state index contributed by atoms with van der Waals surface area (Å²) in [5, 5.41) is 9.55. The van der Waals surface area contributed by atoms with Gasteiger partial charge in [-0.3, -0.25) is 9.59 Å². The number of nitrogens with two attached hydrogens (primary N) is 1. The van der Waals surface area contributed by atoms with Crippen LogP contribution in [0.25, 0.3) is 10.9 Å². The lowest BCUT2D eigenvalue weighted by molar-refractivity contribution is -0.144. The van der Waals surface area contributed by atoms with Crippen molar-refractivity contribution < 1.29 is 24.2 Å². The van der Waals surface area contributed by atoms with E-state index >= 15 is 0 Å². The zero-order chi connectivity index (χ0) is 20.4. The molecule has 0 aliphatic carbocycles. The fraction of sp³-hybridized carbons (Fsp3) is 0.190. The minimum atomic E-state index is -1.14. The lowest BCUT2D eigenvalue weighted by Gasteiger charge is -2.12. The van der Waals surface area contributed by atoms with Crippen molar-refractivity contribution in [2.75, 3.05) is 0 Å². The van der Waals surface area contributed by atoms with Gasteiger partial charge >= 0.3 is 5.97 Å². The number of Topliss-reactive ketones (excluding diaryl/α,β-unsaturated/α-hetero) is 1. The van der Waals surface area contributed by atoms with Crippen molar-refractivity contribution in [3.05, 3.63) is 65.4 Å². The predicted molar refractivity (Wildman–Crippen MR) is 103 cm³/mol. The molecule has 0 saturated carbocycles. The van der Waals surface area contributed by atoms with Crippen LogP contribution in [-0.4, -0.2) is 33.4 Å². The molecule has 0 unspecified atom stereocenters. The summed E-state index contributed by atoms with van der Waals surface area (Å²) in [6.07, 6.45) is -1.13. The lowest BCUT2D eigenvalue weighted by atomic mass is 10.1. The van der Waals surface area contributed by atoms with Gasteiger partial charge in [-0.15, -0.1) is 0 Å². The molecular formula is C21H20N2O5. The molecule has 3 rings (SSSR count). The number of aromatic nitrogens is 1. The summed E-state index contributed by atoms with van der Waals surface area (Å²) in [6.45, 7) is 3.58. The highest BCUT2D eigenvalue weighted by Gasteiger charge is 2.27. The summed E-state index contributed by atoms with van der Waals surface area (Å²) in [6, 6.07) is 14.7. The average molecular weight is 380 g/mol. The Hall–Kier alpha value is -3.61. The molecule has 7 nitrogen and oxygen atoms in total. The first-order chi connectivity index (χ1) is 13.3. The molecule has 2 aromatic carbocycles. The normalized spacial score (nSPS) is 11.9. The maximum absolute atomic E-state index is 12.6. The third kappa shape index (κ3) is 3.46. The van der Waals surface area contributed by atoms with Gasteiger partial charge in [0.25, 0.3) is 11.7 Å². The summed E-state index contributed by atoms with van der Waals surface area (Å²) in [5.41, 5.74) is 7.60. The molecule has 0 aliphatic heterocycles. The van der Waals surface area contributed by atoms with Crippen molar-refractivity contribution >= 4 is 28.6 Å². The highest BCUT2D eigenvalue weighted by Crippen LogP contribution is 2.35. The summed E-state index contributed by atoms with van der Waals surface area (Å²) in [7, 11) is 0. The average Bonchev–Trinajstić information content (AvgIpc) is 2.94. The van der Waals surface area contributed by atoms with E-state index in [1.165, 1.54) is 6.92 Å². The standard InChI is InChI=1S/C21H20N2O5/c1-12-17(19(24)20(22)25)18-15(23(12)11-14-7-4-3-5-8-14)9-6-10-16(18)28-13(2)21(26)27/h3-10,13H,11H2,1-2H3,(H2,22,25)(H,26,27)/t13-/m0/s1. The molecular weight excluding hydrogens is 360 g/mol. The largest absolute Gasteiger partial charge is 0.479 e. The number of ketones is 1. The molecule has 0 spiro atoms. The number of primary amides is 1. The molecule has 1 heterocycles. The van der Waals surface area contributed by atoms with Crippen LogP contribution in [0, 0.1) is 6.92 Å². The van der Waals surface area contributed by atoms with E-state index in [4.69, 9.17) is 15.6 Å². The second-order valence-electron chi connectivity index (χ2n) is 6.47. The number of benzene rings is 2. The molecule has 28 heavy (non-hydrogen) atoms. The number of fused-ring (bicyclic) bond motifs is 1. The smallest absolute Gasteiger partial charge is 0.344 e. The molecule has 7 heteroatoms. The Labute approximate surface area is 161 Å². The van der Waals surface area contributed by atoms with E-state index in [0.29, 0.717) is 23.1 Å². The van der Waals surface area contributed by atoms with Crippen LogP contribution in [0.2, 0.25) is 0 Å². The number of carboxylic acids is 1. The number of rotatable bonds is 7. The molecule has 1 amide bonds. The number of amides is 1. The Morgan fingerprint density at radius 2 is 1.79 bits per heavy atom. The maximum atomic E-state index is 12.6. The fourth-order valence-electron chi connectivity index (χ4n) is 3.20. The fourth-order valence-corrected chi connectivity index (χ4v) is 3.20. The first-order valence-corrected chi connectivity index (χ1v) is 8.70. The highest BCUT2D eigenvalue weighted by atomic mass is 16.5. The second kappa shape index (κ2) is 7.56. The summed E-state index contributed by atoms with van der Waals surface area (Å²) >= 11 is 0. The SMILES string of the molecule is Cc1c(C(=O)C(N)=O)c2c(O[C@@H](C)C(=O)O)cccc2n1Cc1ccccc1. The molecule has 0 radical (unpaired) electrons. The van der Waals surface area contributed by atoms with Gasteiger partial charge in [0, 0.05) is 12.2 Å². The molecule has 0 saturated heterocycles. The van der Waals surface area contributed by atoms with Gasteiger partial charge in [-0.25, -0.2) is 4.79 Å². The molecule has 3 aromatic rings. The van der Waals surface area contributed by atoms with E-state index in [1.54, 1.807) is 25.1 Å². The number of carbonyl (C=O) groups is 3. The van der Waals surface area contributed by atoms with Crippen LogP contribution in [0.5, 0.6) is 5.75 Å². The number of carbonyl (C=O) groups excluding carboxylic acids is 2. The van der Waals surface area contributed by atoms with Crippen LogP contribution in [0.3, 0.4) is 0 Å². The first kappa shape index (κ1) is 19.2. The molecule has 0 fully saturated rings. The number of aliphatic carboxylic acids is 1. The second-order valence-corrected chi connectivity index (χ2v) is 6.47. The molecule has 1 atom stereocenters. The topological polar surface area (TPSA) is 112 Å². The number of hydrogen-bond donors (Lipinski definition) is 2. The maximum Gasteiger partial charge on any atom is 0.344 e. The Balaban J connectivity index is 2.25. The van der Waals surface area contributed by atoms with E-state index in [1.807, 2.05) is 34.9 Å². The van der Waals surface area contributed by atoms with Crippen LogP contribution in [0.1, 0.15) is 28.5 Å². The van der Waals surface area contributed by atoms with E-state index in [-0.39, 0.29) is 11.3 Å². The zero-order valence-electron chi connectivity index (χ0n) is 15.5. The summed E-state index contributed by atoms with van der Waals surface area (Å²) in [4.78, 5) is 35.4. The Morgan fingerprint density at radius 3 is 2.39 bits per heavy atom. The van der Waals surface area contributed by atoms with Crippen molar-refractivity contribution in [3.8, 4) is 5.75 Å². The van der Waals surface area contributed by atoms with Gasteiger partial charge in [0.05, 0.1) is 16.5 Å². The molecule has 1 aromatic heterocycles. The van der Waals surface area contributed by atoms with Crippen molar-refractivity contribution in [1.82, 2.24) is 4.57 Å². The number of ether oxygens (including phenoxy) is 1. The van der Waals surface area contributed by atoms with E-state index in [2.05, 4.69) is 0 Å². The van der Waals surface area contributed by atoms with Crippen LogP contribution in [-0.2, 0) is 16.1 Å². The van der Waals surface area contributed by atoms with E-state index in [0.717, 1.165) is 5.56 Å². The predicted octanol–water partition coefficient (Wildman–Crippen LogP) is 2.52. The summed E-state index contributed by atoms with van der Waals surface area (Å²) < 4.78 is 7.45. The van der Waals surface area contributed by atoms with Crippen LogP contribution in [0.4, 0.5) is 0 Å². The number of carboxylic acid groups (broad SMARTS) is 1. The molecule has 144 valence electrons. The van der Waals surface area contributed by atoms with Crippen molar-refractivity contribution in [1.29, 1.82) is 0 Å². The van der Waals surface area contributed by atoms with E-state index < -0.39 is 23.8 Å². The molecule has 0 bridgehead atoms. The quantitative estimate of drug-likeness (QED) is 0.483. The molecule has 3 N–H and O–H groups in total. The van der Waals surface area contributed by atoms with Crippen LogP contribution >= 0.6 is 0 Å². The van der Waals surface area contributed by atoms with Crippen LogP contribution < -0.4 is 10.5 Å². The minimum absolute atomic E-state index is 0.131. The van der Waals surface area contributed by atoms with Crippen LogP contribution in [0.15, 0.2) is 48.5 Å². The monoisotopic (exact) mass is 380 g/mol. The Bertz CT molecular complexity index is 1070. The third-order valence-corrected chi connectivity index (χ3v) is 4.60. The lowest BCUT2D eigenvalue weighted by Crippen LogP contribution is -2.25. The van der Waals surface area contributed by atoms with Gasteiger partial charge in [0.2, 0.25) is 0 Å². The van der Waals surface area contributed by atoms with Crippen molar-refractivity contribution in [2.24, 2.45) is 5.73 Å². The van der Waals surface area contributed by atoms with Crippen molar-refractivity contribution in [3.63, 3.8) is 0 Å². The van der Waals surface area contributed by atoms with Gasteiger partial charge in [0.15, 0.2) is 6.10 Å². The zero-order valence-corrected chi connectivity index (χ0v) is 15.5. The van der Waals surface area contributed by atoms with Gasteiger partial charge in [-0.05, 0) is 31.5 Å². The molecule has 0 aliphatic rings. The first-order valence-electron chi connectivity index (χ1n) is 8.70. The Morgan fingerprint density at radius 1 is 1.11 bits per heavy atom. The minimum Gasteiger partial charge on any atom is -0.479 e. The third-order valence-electron chi connectivity index (χ3n) is 4.60. The van der Waals surface area contributed by atoms with Crippen molar-refractivity contribution in [2.45, 2.75) is 26.5 Å². The number of nitrogens with zero attached hydrogens (tertiary/aromatic N) is 1. The van der Waals surface area contributed by atoms with Gasteiger partial charge in [-0.1, -0.05) is 36.4 Å². The van der Waals surface area contributed by atoms with E-state index in [9.17, 15) is 14.4 Å². The van der Waals surface area contributed by atoms with Gasteiger partial charge in [-0.2, -0.15) is 0 Å². The van der Waals surface area contributed by atoms with Gasteiger partial charge in [0.1, 0.15) is 5.75 Å². The Kier molecular flexibility index (Phi) is 5.17. The van der Waals surface area contributed by atoms with Gasteiger partial charge < -0.3 is 20.1 Å². The summed E-state index contributed by atoms with van der Waals surface area (Å²) in [5.74, 6) is -2.84. The highest BCUT2D eigenvalue weighted by molar-refractivity contribution is 6.45. The number of hydrogen-bond acceptors (Lipinski definition) is 4.